The molecule has 3 N–H and O–H groups in total. The van der Waals surface area contributed by atoms with Gasteiger partial charge in [0.1, 0.15) is 0 Å². The molecule has 0 aromatic heterocycles. The quantitative estimate of drug-likeness (QED) is 0.848. The fourth-order valence-electron chi connectivity index (χ4n) is 3.02. The van der Waals surface area contributed by atoms with Gasteiger partial charge in [0.15, 0.2) is 0 Å². The van der Waals surface area contributed by atoms with Gasteiger partial charge in [0, 0.05) is 13.1 Å². The van der Waals surface area contributed by atoms with Crippen LogP contribution in [0.3, 0.4) is 0 Å². The minimum absolute atomic E-state index is 0.334. The van der Waals surface area contributed by atoms with Crippen LogP contribution >= 0.6 is 0 Å². The normalized spacial score (nSPS) is 17.0. The number of rotatable bonds is 6. The van der Waals surface area contributed by atoms with E-state index >= 15 is 0 Å². The second-order valence-corrected chi connectivity index (χ2v) is 7.75. The summed E-state index contributed by atoms with van der Waals surface area (Å²) in [5, 5.41) is 0. The van der Waals surface area contributed by atoms with Crippen molar-refractivity contribution >= 4 is 10.0 Å². The lowest BCUT2D eigenvalue weighted by Crippen LogP contribution is -2.26. The van der Waals surface area contributed by atoms with E-state index in [4.69, 9.17) is 5.73 Å². The molecule has 1 aliphatic carbocycles. The van der Waals surface area contributed by atoms with Gasteiger partial charge in [-0.05, 0) is 42.5 Å². The van der Waals surface area contributed by atoms with Gasteiger partial charge in [0.05, 0.1) is 4.90 Å². The molecule has 0 unspecified atom stereocenters. The first-order valence-electron chi connectivity index (χ1n) is 7.82. The fourth-order valence-corrected chi connectivity index (χ4v) is 4.15. The molecule has 5 heteroatoms. The molecule has 0 heterocycles. The zero-order chi connectivity index (χ0) is 15.3. The molecule has 1 fully saturated rings. The predicted octanol–water partition coefficient (Wildman–Crippen LogP) is 2.70. The Kier molecular flexibility index (Phi) is 5.79. The second kappa shape index (κ2) is 7.38. The molecule has 0 amide bonds. The first-order chi connectivity index (χ1) is 10.0. The zero-order valence-corrected chi connectivity index (χ0v) is 13.6. The predicted molar refractivity (Wildman–Crippen MR) is 85.5 cm³/mol. The highest BCUT2D eigenvalue weighted by Crippen LogP contribution is 2.26. The maximum absolute atomic E-state index is 12.3. The summed E-state index contributed by atoms with van der Waals surface area (Å²) in [6, 6.07) is 5.13. The Bertz CT molecular complexity index is 564. The molecule has 2 rings (SSSR count). The van der Waals surface area contributed by atoms with Crippen LogP contribution in [-0.4, -0.2) is 15.0 Å². The summed E-state index contributed by atoms with van der Waals surface area (Å²) in [5.41, 5.74) is 7.51. The van der Waals surface area contributed by atoms with Crippen LogP contribution < -0.4 is 10.5 Å². The number of hydrogen-bond donors (Lipinski definition) is 2. The van der Waals surface area contributed by atoms with E-state index < -0.39 is 10.0 Å². The Hall–Kier alpha value is -0.910. The fraction of sp³-hybridized carbons (Fsp3) is 0.625. The number of hydrogen-bond acceptors (Lipinski definition) is 3. The summed E-state index contributed by atoms with van der Waals surface area (Å²) >= 11 is 0. The molecular weight excluding hydrogens is 284 g/mol. The number of nitrogens with two attached hydrogens (primary N) is 1. The molecule has 1 aliphatic rings. The molecule has 1 saturated carbocycles. The van der Waals surface area contributed by atoms with Gasteiger partial charge in [0.2, 0.25) is 10.0 Å². The Morgan fingerprint density at radius 3 is 2.57 bits per heavy atom. The summed E-state index contributed by atoms with van der Waals surface area (Å²) in [6.45, 7) is 2.86. The van der Waals surface area contributed by atoms with Crippen LogP contribution in [0, 0.1) is 12.8 Å². The molecule has 0 spiro atoms. The maximum Gasteiger partial charge on any atom is 0.240 e. The lowest BCUT2D eigenvalue weighted by Gasteiger charge is -2.21. The van der Waals surface area contributed by atoms with E-state index in [-0.39, 0.29) is 0 Å². The van der Waals surface area contributed by atoms with Crippen LogP contribution in [0.1, 0.15) is 49.7 Å². The first-order valence-corrected chi connectivity index (χ1v) is 9.30. The van der Waals surface area contributed by atoms with E-state index in [0.717, 1.165) is 17.5 Å². The first kappa shape index (κ1) is 16.5. The number of aryl methyl sites for hydroxylation is 1. The van der Waals surface area contributed by atoms with Gasteiger partial charge in [-0.1, -0.05) is 38.2 Å². The molecule has 0 saturated heterocycles. The van der Waals surface area contributed by atoms with Gasteiger partial charge in [-0.2, -0.15) is 0 Å². The Balaban J connectivity index is 1.93. The number of benzene rings is 1. The minimum atomic E-state index is -3.40. The van der Waals surface area contributed by atoms with Crippen molar-refractivity contribution in [2.45, 2.75) is 56.9 Å². The van der Waals surface area contributed by atoms with E-state index in [0.29, 0.717) is 23.9 Å². The van der Waals surface area contributed by atoms with E-state index in [1.54, 1.807) is 18.2 Å². The summed E-state index contributed by atoms with van der Waals surface area (Å²) in [4.78, 5) is 0.334. The van der Waals surface area contributed by atoms with Crippen molar-refractivity contribution in [3.05, 3.63) is 29.3 Å². The van der Waals surface area contributed by atoms with Gasteiger partial charge in [0.25, 0.3) is 0 Å². The topological polar surface area (TPSA) is 72.2 Å². The average Bonchev–Trinajstić information content (AvgIpc) is 2.48. The van der Waals surface area contributed by atoms with Crippen LogP contribution in [0.4, 0.5) is 0 Å². The van der Waals surface area contributed by atoms with Crippen molar-refractivity contribution in [3.63, 3.8) is 0 Å². The second-order valence-electron chi connectivity index (χ2n) is 5.98. The molecule has 4 nitrogen and oxygen atoms in total. The Morgan fingerprint density at radius 1 is 1.24 bits per heavy atom. The van der Waals surface area contributed by atoms with Crippen molar-refractivity contribution in [2.75, 3.05) is 6.54 Å². The van der Waals surface area contributed by atoms with Crippen molar-refractivity contribution in [3.8, 4) is 0 Å². The van der Waals surface area contributed by atoms with Crippen LogP contribution in [0.2, 0.25) is 0 Å². The van der Waals surface area contributed by atoms with E-state index in [1.807, 2.05) is 6.92 Å². The number of nitrogens with one attached hydrogen (secondary N) is 1. The lowest BCUT2D eigenvalue weighted by molar-refractivity contribution is 0.339. The van der Waals surface area contributed by atoms with Crippen LogP contribution in [0.25, 0.3) is 0 Å². The van der Waals surface area contributed by atoms with Crippen LogP contribution in [0.5, 0.6) is 0 Å². The Labute approximate surface area is 128 Å². The largest absolute Gasteiger partial charge is 0.326 e. The van der Waals surface area contributed by atoms with E-state index in [1.165, 1.54) is 32.1 Å². The van der Waals surface area contributed by atoms with Crippen molar-refractivity contribution in [2.24, 2.45) is 11.7 Å². The third kappa shape index (κ3) is 4.53. The third-order valence-corrected chi connectivity index (χ3v) is 5.87. The summed E-state index contributed by atoms with van der Waals surface area (Å²) < 4.78 is 27.3. The highest BCUT2D eigenvalue weighted by Gasteiger charge is 2.17. The van der Waals surface area contributed by atoms with Gasteiger partial charge in [-0.3, -0.25) is 0 Å². The standard InChI is InChI=1S/C16H26N2O2S/c1-13-11-16(8-7-15(13)12-17)21(19,20)18-10-9-14-5-3-2-4-6-14/h7-8,11,14,18H,2-6,9-10,12,17H2,1H3. The highest BCUT2D eigenvalue weighted by molar-refractivity contribution is 7.89. The van der Waals surface area contributed by atoms with Crippen molar-refractivity contribution < 1.29 is 8.42 Å². The molecular formula is C16H26N2O2S. The molecule has 0 bridgehead atoms. The molecule has 0 radical (unpaired) electrons. The average molecular weight is 310 g/mol. The highest BCUT2D eigenvalue weighted by atomic mass is 32.2. The molecule has 1 aromatic rings. The molecule has 1 aromatic carbocycles. The zero-order valence-electron chi connectivity index (χ0n) is 12.8. The van der Waals surface area contributed by atoms with E-state index in [9.17, 15) is 8.42 Å². The summed E-state index contributed by atoms with van der Waals surface area (Å²) in [6.07, 6.45) is 7.33. The smallest absolute Gasteiger partial charge is 0.240 e. The van der Waals surface area contributed by atoms with Crippen molar-refractivity contribution in [1.82, 2.24) is 4.72 Å². The van der Waals surface area contributed by atoms with E-state index in [2.05, 4.69) is 4.72 Å². The Morgan fingerprint density at radius 2 is 1.95 bits per heavy atom. The summed E-state index contributed by atoms with van der Waals surface area (Å²) in [7, 11) is -3.40. The van der Waals surface area contributed by atoms with Gasteiger partial charge in [-0.15, -0.1) is 0 Å². The monoisotopic (exact) mass is 310 g/mol. The third-order valence-electron chi connectivity index (χ3n) is 4.41. The minimum Gasteiger partial charge on any atom is -0.326 e. The van der Waals surface area contributed by atoms with Crippen LogP contribution in [0.15, 0.2) is 23.1 Å². The maximum atomic E-state index is 12.3. The SMILES string of the molecule is Cc1cc(S(=O)(=O)NCCC2CCCCC2)ccc1CN. The number of sulfonamides is 1. The van der Waals surface area contributed by atoms with Gasteiger partial charge >= 0.3 is 0 Å². The molecule has 21 heavy (non-hydrogen) atoms. The van der Waals surface area contributed by atoms with Gasteiger partial charge < -0.3 is 5.73 Å². The lowest BCUT2D eigenvalue weighted by atomic mass is 9.87. The molecule has 0 atom stereocenters. The van der Waals surface area contributed by atoms with Crippen molar-refractivity contribution in [1.29, 1.82) is 0 Å². The molecule has 118 valence electrons. The van der Waals surface area contributed by atoms with Crippen LogP contribution in [-0.2, 0) is 16.6 Å². The summed E-state index contributed by atoms with van der Waals surface area (Å²) in [5.74, 6) is 0.683. The van der Waals surface area contributed by atoms with Gasteiger partial charge in [-0.25, -0.2) is 13.1 Å². The molecule has 0 aliphatic heterocycles.